The van der Waals surface area contributed by atoms with Crippen LogP contribution in [0.4, 0.5) is 32.0 Å². The van der Waals surface area contributed by atoms with E-state index in [1.807, 2.05) is 5.32 Å². The molecule has 0 heterocycles. The van der Waals surface area contributed by atoms with Gasteiger partial charge in [0.2, 0.25) is 15.9 Å². The van der Waals surface area contributed by atoms with Gasteiger partial charge in [0.15, 0.2) is 0 Å². The monoisotopic (exact) mass is 594 g/mol. The summed E-state index contributed by atoms with van der Waals surface area (Å²) >= 11 is 6.07. The predicted molar refractivity (Wildman–Crippen MR) is 132 cm³/mol. The number of anilines is 1. The van der Waals surface area contributed by atoms with Crippen LogP contribution in [0.2, 0.25) is 5.02 Å². The van der Waals surface area contributed by atoms with Crippen molar-refractivity contribution in [2.75, 3.05) is 11.9 Å². The molecule has 3 aromatic rings. The van der Waals surface area contributed by atoms with Gasteiger partial charge < -0.3 is 10.1 Å². The van der Waals surface area contributed by atoms with Crippen molar-refractivity contribution in [3.63, 3.8) is 0 Å². The van der Waals surface area contributed by atoms with Crippen LogP contribution in [0.1, 0.15) is 23.6 Å². The lowest BCUT2D eigenvalue weighted by Crippen LogP contribution is -2.45. The molecule has 0 aliphatic heterocycles. The Labute approximate surface area is 225 Å². The van der Waals surface area contributed by atoms with Crippen molar-refractivity contribution >= 4 is 33.2 Å². The van der Waals surface area contributed by atoms with Crippen LogP contribution in [-0.2, 0) is 33.6 Å². The first kappa shape index (κ1) is 30.3. The zero-order valence-electron chi connectivity index (χ0n) is 20.0. The van der Waals surface area contributed by atoms with Crippen LogP contribution in [0.5, 0.6) is 5.75 Å². The fourth-order valence-corrected chi connectivity index (χ4v) is 4.99. The van der Waals surface area contributed by atoms with Gasteiger partial charge >= 0.3 is 12.4 Å². The number of amides is 1. The fourth-order valence-electron chi connectivity index (χ4n) is 3.47. The van der Waals surface area contributed by atoms with E-state index in [4.69, 9.17) is 16.3 Å². The second-order valence-electron chi connectivity index (χ2n) is 8.17. The molecule has 210 valence electrons. The Balaban J connectivity index is 1.97. The molecule has 6 nitrogen and oxygen atoms in total. The lowest BCUT2D eigenvalue weighted by molar-refractivity contribution is -0.143. The molecule has 39 heavy (non-hydrogen) atoms. The molecule has 1 unspecified atom stereocenters. The van der Waals surface area contributed by atoms with Crippen molar-refractivity contribution in [1.29, 1.82) is 0 Å². The predicted octanol–water partition coefficient (Wildman–Crippen LogP) is 6.30. The zero-order chi connectivity index (χ0) is 29.0. The molecule has 0 aliphatic rings. The number of alkyl halides is 6. The van der Waals surface area contributed by atoms with Gasteiger partial charge in [-0.15, -0.1) is 0 Å². The first-order valence-electron chi connectivity index (χ1n) is 11.2. The smallest absolute Gasteiger partial charge is 0.416 e. The van der Waals surface area contributed by atoms with Crippen LogP contribution in [0, 0.1) is 0 Å². The molecule has 2 N–H and O–H groups in total. The number of carbonyl (C=O) groups excluding carboxylic acids is 1. The highest BCUT2D eigenvalue weighted by atomic mass is 35.5. The average molecular weight is 595 g/mol. The van der Waals surface area contributed by atoms with Crippen molar-refractivity contribution in [2.45, 2.75) is 36.6 Å². The van der Waals surface area contributed by atoms with E-state index in [1.54, 1.807) is 37.3 Å². The number of rotatable bonds is 9. The topological polar surface area (TPSA) is 84.5 Å². The summed E-state index contributed by atoms with van der Waals surface area (Å²) < 4.78 is 113. The number of hydrogen-bond donors (Lipinski definition) is 2. The lowest BCUT2D eigenvalue weighted by Gasteiger charge is -2.20. The van der Waals surface area contributed by atoms with Crippen molar-refractivity contribution in [2.24, 2.45) is 0 Å². The first-order valence-corrected chi connectivity index (χ1v) is 13.0. The number of benzene rings is 3. The van der Waals surface area contributed by atoms with Gasteiger partial charge in [-0.1, -0.05) is 41.9 Å². The third-order valence-electron chi connectivity index (χ3n) is 5.27. The number of nitrogens with one attached hydrogen (secondary N) is 2. The van der Waals surface area contributed by atoms with Gasteiger partial charge in [0.1, 0.15) is 11.8 Å². The minimum atomic E-state index is -5.14. The Morgan fingerprint density at radius 2 is 1.51 bits per heavy atom. The van der Waals surface area contributed by atoms with Crippen LogP contribution < -0.4 is 14.8 Å². The molecule has 0 saturated carbocycles. The molecule has 3 aromatic carbocycles. The molecule has 1 amide bonds. The SMILES string of the molecule is CCOc1ccc(S(=O)(=O)NC(Cc2ccccc2)C(=O)Nc2cc(C(F)(F)F)cc(C(F)(F)F)c2)cc1Cl. The molecule has 14 heteroatoms. The third kappa shape index (κ3) is 8.10. The molecule has 0 bridgehead atoms. The Morgan fingerprint density at radius 3 is 2.03 bits per heavy atom. The number of ether oxygens (including phenoxy) is 1. The maximum absolute atomic E-state index is 13.2. The van der Waals surface area contributed by atoms with Gasteiger partial charge in [-0.25, -0.2) is 8.42 Å². The van der Waals surface area contributed by atoms with Gasteiger partial charge in [-0.3, -0.25) is 4.79 Å². The minimum Gasteiger partial charge on any atom is -0.492 e. The number of sulfonamides is 1. The summed E-state index contributed by atoms with van der Waals surface area (Å²) in [6.07, 6.45) is -10.6. The van der Waals surface area contributed by atoms with E-state index in [1.165, 1.54) is 12.1 Å². The minimum absolute atomic E-state index is 0.0348. The summed E-state index contributed by atoms with van der Waals surface area (Å²) in [5, 5.41) is 1.95. The highest BCUT2D eigenvalue weighted by Gasteiger charge is 2.37. The van der Waals surface area contributed by atoms with Gasteiger partial charge in [0.25, 0.3) is 0 Å². The van der Waals surface area contributed by atoms with Crippen LogP contribution in [-0.4, -0.2) is 27.0 Å². The van der Waals surface area contributed by atoms with Gasteiger partial charge in [-0.2, -0.15) is 31.1 Å². The number of carbonyl (C=O) groups is 1. The summed E-state index contributed by atoms with van der Waals surface area (Å²) in [5.41, 5.74) is -3.64. The lowest BCUT2D eigenvalue weighted by atomic mass is 10.1. The van der Waals surface area contributed by atoms with Crippen molar-refractivity contribution in [3.05, 3.63) is 88.4 Å². The highest BCUT2D eigenvalue weighted by molar-refractivity contribution is 7.89. The Hall–Kier alpha value is -3.29. The summed E-state index contributed by atoms with van der Waals surface area (Å²) in [6.45, 7) is 1.95. The summed E-state index contributed by atoms with van der Waals surface area (Å²) in [4.78, 5) is 12.8. The van der Waals surface area contributed by atoms with Crippen LogP contribution >= 0.6 is 11.6 Å². The molecule has 3 rings (SSSR count). The standard InChI is InChI=1S/C25H21ClF6N2O4S/c1-2-38-22-9-8-19(14-20(22)26)39(36,37)34-21(10-15-6-4-3-5-7-15)23(35)33-18-12-16(24(27,28)29)11-17(13-18)25(30,31)32/h3-9,11-14,21,34H,2,10H2,1H3,(H,33,35). The molecule has 0 radical (unpaired) electrons. The average Bonchev–Trinajstić information content (AvgIpc) is 2.84. The van der Waals surface area contributed by atoms with Crippen molar-refractivity contribution < 1.29 is 44.3 Å². The van der Waals surface area contributed by atoms with Crippen LogP contribution in [0.3, 0.4) is 0 Å². The molecule has 0 fully saturated rings. The summed E-state index contributed by atoms with van der Waals surface area (Å²) in [5.74, 6) is -0.978. The third-order valence-corrected chi connectivity index (χ3v) is 7.03. The Kier molecular flexibility index (Phi) is 9.19. The van der Waals surface area contributed by atoms with E-state index in [9.17, 15) is 39.6 Å². The Morgan fingerprint density at radius 1 is 0.923 bits per heavy atom. The normalized spacial score (nSPS) is 13.1. The van der Waals surface area contributed by atoms with Crippen LogP contribution in [0.15, 0.2) is 71.6 Å². The van der Waals surface area contributed by atoms with Gasteiger partial charge in [-0.05, 0) is 55.3 Å². The summed E-state index contributed by atoms with van der Waals surface area (Å²) in [7, 11) is -4.44. The van der Waals surface area contributed by atoms with E-state index >= 15 is 0 Å². The van der Waals surface area contributed by atoms with E-state index in [0.717, 1.165) is 6.07 Å². The quantitative estimate of drug-likeness (QED) is 0.285. The second-order valence-corrected chi connectivity index (χ2v) is 10.3. The molecule has 1 atom stereocenters. The molecular formula is C25H21ClF6N2O4S. The second kappa shape index (κ2) is 11.8. The summed E-state index contributed by atoms with van der Waals surface area (Å²) in [6, 6.07) is 10.5. The number of hydrogen-bond acceptors (Lipinski definition) is 4. The van der Waals surface area contributed by atoms with Crippen molar-refractivity contribution in [1.82, 2.24) is 4.72 Å². The van der Waals surface area contributed by atoms with Gasteiger partial charge in [0, 0.05) is 5.69 Å². The molecule has 0 spiro atoms. The van der Waals surface area contributed by atoms with E-state index in [0.29, 0.717) is 17.7 Å². The molecule has 0 aromatic heterocycles. The zero-order valence-corrected chi connectivity index (χ0v) is 21.6. The molecule has 0 saturated heterocycles. The Bertz CT molecular complexity index is 1400. The fraction of sp³-hybridized carbons (Fsp3) is 0.240. The largest absolute Gasteiger partial charge is 0.492 e. The maximum atomic E-state index is 13.2. The maximum Gasteiger partial charge on any atom is 0.416 e. The van der Waals surface area contributed by atoms with E-state index in [-0.39, 0.29) is 34.8 Å². The van der Waals surface area contributed by atoms with E-state index in [2.05, 4.69) is 4.72 Å². The molecule has 0 aliphatic carbocycles. The highest BCUT2D eigenvalue weighted by Crippen LogP contribution is 2.37. The number of halogens is 7. The van der Waals surface area contributed by atoms with Crippen molar-refractivity contribution in [3.8, 4) is 5.75 Å². The first-order chi connectivity index (χ1) is 18.1. The van der Waals surface area contributed by atoms with Crippen LogP contribution in [0.25, 0.3) is 0 Å². The van der Waals surface area contributed by atoms with Gasteiger partial charge in [0.05, 0.1) is 27.7 Å². The van der Waals surface area contributed by atoms with E-state index < -0.39 is 51.1 Å². The molecular weight excluding hydrogens is 574 g/mol.